The van der Waals surface area contributed by atoms with Gasteiger partial charge in [-0.25, -0.2) is 0 Å². The van der Waals surface area contributed by atoms with Crippen LogP contribution in [0.5, 0.6) is 11.5 Å². The molecule has 0 bridgehead atoms. The molecule has 3 nitrogen and oxygen atoms in total. The lowest BCUT2D eigenvalue weighted by Crippen LogP contribution is -2.12. The molecule has 0 fully saturated rings. The Kier molecular flexibility index (Phi) is 5.27. The summed E-state index contributed by atoms with van der Waals surface area (Å²) in [6, 6.07) is 13.8. The van der Waals surface area contributed by atoms with E-state index in [2.05, 4.69) is 5.32 Å². The third-order valence-corrected chi connectivity index (χ3v) is 3.33. The van der Waals surface area contributed by atoms with E-state index in [-0.39, 0.29) is 0 Å². The second kappa shape index (κ2) is 7.17. The molecule has 0 atom stereocenters. The zero-order valence-electron chi connectivity index (χ0n) is 11.7. The Labute approximate surface area is 124 Å². The molecule has 0 saturated carbocycles. The largest absolute Gasteiger partial charge is 0.497 e. The number of rotatable bonds is 6. The zero-order chi connectivity index (χ0) is 14.4. The summed E-state index contributed by atoms with van der Waals surface area (Å²) in [5, 5.41) is 4.02. The quantitative estimate of drug-likeness (QED) is 0.881. The number of nitrogens with one attached hydrogen (secondary N) is 1. The number of hydrogen-bond acceptors (Lipinski definition) is 3. The highest BCUT2D eigenvalue weighted by Crippen LogP contribution is 2.24. The molecule has 0 aliphatic heterocycles. The predicted molar refractivity (Wildman–Crippen MR) is 81.5 cm³/mol. The number of benzene rings is 2. The van der Waals surface area contributed by atoms with E-state index in [0.29, 0.717) is 10.8 Å². The summed E-state index contributed by atoms with van der Waals surface area (Å²) >= 11 is 6.09. The summed E-state index contributed by atoms with van der Waals surface area (Å²) in [5.74, 6) is 1.57. The minimum Gasteiger partial charge on any atom is -0.497 e. The van der Waals surface area contributed by atoms with E-state index in [1.165, 1.54) is 5.56 Å². The molecule has 0 radical (unpaired) electrons. The Bertz CT molecular complexity index is 555. The molecule has 2 rings (SSSR count). The van der Waals surface area contributed by atoms with Gasteiger partial charge in [-0.05, 0) is 35.4 Å². The smallest absolute Gasteiger partial charge is 0.137 e. The average molecular weight is 292 g/mol. The maximum atomic E-state index is 6.09. The van der Waals surface area contributed by atoms with Gasteiger partial charge >= 0.3 is 0 Å². The Morgan fingerprint density at radius 1 is 0.900 bits per heavy atom. The molecule has 1 N–H and O–H groups in total. The monoisotopic (exact) mass is 291 g/mol. The van der Waals surface area contributed by atoms with Crippen LogP contribution >= 0.6 is 11.6 Å². The molecule has 0 aliphatic carbocycles. The van der Waals surface area contributed by atoms with Gasteiger partial charge in [-0.15, -0.1) is 0 Å². The van der Waals surface area contributed by atoms with Crippen molar-refractivity contribution in [3.63, 3.8) is 0 Å². The zero-order valence-corrected chi connectivity index (χ0v) is 12.4. The average Bonchev–Trinajstić information content (AvgIpc) is 2.48. The van der Waals surface area contributed by atoms with Crippen molar-refractivity contribution in [2.45, 2.75) is 13.1 Å². The van der Waals surface area contributed by atoms with Crippen LogP contribution in [-0.2, 0) is 13.1 Å². The Balaban J connectivity index is 1.87. The number of methoxy groups -OCH3 is 2. The second-order valence-corrected chi connectivity index (χ2v) is 4.83. The van der Waals surface area contributed by atoms with E-state index in [1.54, 1.807) is 14.2 Å². The highest BCUT2D eigenvalue weighted by atomic mass is 35.5. The van der Waals surface area contributed by atoms with Crippen molar-refractivity contribution in [2.75, 3.05) is 14.2 Å². The normalized spacial score (nSPS) is 10.3. The van der Waals surface area contributed by atoms with Crippen LogP contribution in [0.3, 0.4) is 0 Å². The molecule has 106 valence electrons. The van der Waals surface area contributed by atoms with Crippen LogP contribution in [0, 0.1) is 0 Å². The van der Waals surface area contributed by atoms with E-state index in [9.17, 15) is 0 Å². The lowest BCUT2D eigenvalue weighted by Gasteiger charge is -2.08. The Morgan fingerprint density at radius 3 is 2.15 bits per heavy atom. The number of halogens is 1. The molecule has 0 heterocycles. The highest BCUT2D eigenvalue weighted by Gasteiger charge is 2.01. The van der Waals surface area contributed by atoms with Gasteiger partial charge in [0.2, 0.25) is 0 Å². The summed E-state index contributed by atoms with van der Waals surface area (Å²) in [4.78, 5) is 0. The van der Waals surface area contributed by atoms with Crippen LogP contribution in [0.2, 0.25) is 5.02 Å². The topological polar surface area (TPSA) is 30.5 Å². The third kappa shape index (κ3) is 3.89. The van der Waals surface area contributed by atoms with Crippen LogP contribution in [0.15, 0.2) is 42.5 Å². The molecule has 0 amide bonds. The lowest BCUT2D eigenvalue weighted by molar-refractivity contribution is 0.414. The van der Waals surface area contributed by atoms with Crippen LogP contribution in [-0.4, -0.2) is 14.2 Å². The fourth-order valence-corrected chi connectivity index (χ4v) is 2.19. The van der Waals surface area contributed by atoms with E-state index in [0.717, 1.165) is 24.4 Å². The van der Waals surface area contributed by atoms with Gasteiger partial charge in [-0.1, -0.05) is 29.8 Å². The van der Waals surface area contributed by atoms with Gasteiger partial charge in [-0.3, -0.25) is 0 Å². The van der Waals surface area contributed by atoms with Crippen LogP contribution in [0.25, 0.3) is 0 Å². The first-order chi connectivity index (χ1) is 9.72. The van der Waals surface area contributed by atoms with Gasteiger partial charge in [0.15, 0.2) is 0 Å². The maximum Gasteiger partial charge on any atom is 0.137 e. The van der Waals surface area contributed by atoms with Crippen molar-refractivity contribution in [1.82, 2.24) is 5.32 Å². The maximum absolute atomic E-state index is 6.09. The second-order valence-electron chi connectivity index (χ2n) is 4.42. The number of hydrogen-bond donors (Lipinski definition) is 1. The molecule has 0 unspecified atom stereocenters. The molecule has 0 spiro atoms. The van der Waals surface area contributed by atoms with E-state index in [1.807, 2.05) is 42.5 Å². The standard InChI is InChI=1S/C16H18ClNO2/c1-19-14-6-3-12(4-7-14)10-18-11-13-5-8-16(20-2)15(17)9-13/h3-9,18H,10-11H2,1-2H3. The minimum atomic E-state index is 0.635. The summed E-state index contributed by atoms with van der Waals surface area (Å²) in [6.07, 6.45) is 0. The molecule has 0 aliphatic rings. The SMILES string of the molecule is COc1ccc(CNCc2ccc(OC)c(Cl)c2)cc1. The summed E-state index contributed by atoms with van der Waals surface area (Å²) in [6.45, 7) is 1.56. The highest BCUT2D eigenvalue weighted by molar-refractivity contribution is 6.32. The van der Waals surface area contributed by atoms with Crippen LogP contribution in [0.4, 0.5) is 0 Å². The molecular formula is C16H18ClNO2. The van der Waals surface area contributed by atoms with Gasteiger partial charge in [0, 0.05) is 13.1 Å². The molecule has 20 heavy (non-hydrogen) atoms. The van der Waals surface area contributed by atoms with Gasteiger partial charge in [-0.2, -0.15) is 0 Å². The number of ether oxygens (including phenoxy) is 2. The van der Waals surface area contributed by atoms with Crippen molar-refractivity contribution in [1.29, 1.82) is 0 Å². The van der Waals surface area contributed by atoms with Crippen LogP contribution in [0.1, 0.15) is 11.1 Å². The van der Waals surface area contributed by atoms with Gasteiger partial charge in [0.1, 0.15) is 11.5 Å². The van der Waals surface area contributed by atoms with Gasteiger partial charge in [0.05, 0.1) is 19.2 Å². The summed E-state index contributed by atoms with van der Waals surface area (Å²) in [7, 11) is 3.28. The molecule has 4 heteroatoms. The first-order valence-corrected chi connectivity index (χ1v) is 6.77. The van der Waals surface area contributed by atoms with E-state index >= 15 is 0 Å². The van der Waals surface area contributed by atoms with Gasteiger partial charge in [0.25, 0.3) is 0 Å². The van der Waals surface area contributed by atoms with Crippen LogP contribution < -0.4 is 14.8 Å². The first kappa shape index (κ1) is 14.7. The van der Waals surface area contributed by atoms with Gasteiger partial charge < -0.3 is 14.8 Å². The molecular weight excluding hydrogens is 274 g/mol. The summed E-state index contributed by atoms with van der Waals surface area (Å²) < 4.78 is 10.3. The molecule has 0 aromatic heterocycles. The van der Waals surface area contributed by atoms with Crippen molar-refractivity contribution < 1.29 is 9.47 Å². The first-order valence-electron chi connectivity index (χ1n) is 6.39. The molecule has 2 aromatic rings. The van der Waals surface area contributed by atoms with Crippen molar-refractivity contribution in [3.05, 3.63) is 58.6 Å². The van der Waals surface area contributed by atoms with Crippen molar-refractivity contribution >= 4 is 11.6 Å². The predicted octanol–water partition coefficient (Wildman–Crippen LogP) is 3.65. The van der Waals surface area contributed by atoms with Crippen molar-refractivity contribution in [3.8, 4) is 11.5 Å². The Morgan fingerprint density at radius 2 is 1.55 bits per heavy atom. The van der Waals surface area contributed by atoms with E-state index in [4.69, 9.17) is 21.1 Å². The third-order valence-electron chi connectivity index (χ3n) is 3.03. The van der Waals surface area contributed by atoms with E-state index < -0.39 is 0 Å². The van der Waals surface area contributed by atoms with Crippen molar-refractivity contribution in [2.24, 2.45) is 0 Å². The minimum absolute atomic E-state index is 0.635. The lowest BCUT2D eigenvalue weighted by atomic mass is 10.2. The fourth-order valence-electron chi connectivity index (χ4n) is 1.91. The fraction of sp³-hybridized carbons (Fsp3) is 0.250. The Hall–Kier alpha value is -1.71. The summed E-state index contributed by atoms with van der Waals surface area (Å²) in [5.41, 5.74) is 2.34. The molecule has 2 aromatic carbocycles. The molecule has 0 saturated heterocycles.